The summed E-state index contributed by atoms with van der Waals surface area (Å²) in [5, 5.41) is 17.9. The predicted octanol–water partition coefficient (Wildman–Crippen LogP) is 4.58. The number of amides is 1. The Labute approximate surface area is 207 Å². The van der Waals surface area contributed by atoms with E-state index in [-0.39, 0.29) is 5.91 Å². The topological polar surface area (TPSA) is 112 Å². The molecule has 9 nitrogen and oxygen atoms in total. The molecule has 2 N–H and O–H groups in total. The Hall–Kier alpha value is -5.05. The number of nitrogens with one attached hydrogen (secondary N) is 2. The molecular formula is C27H23N7O2. The Morgan fingerprint density at radius 1 is 1.03 bits per heavy atom. The fraction of sp³-hybridized carbons (Fsp3) is 0.0741. The van der Waals surface area contributed by atoms with Gasteiger partial charge in [0.2, 0.25) is 5.95 Å². The van der Waals surface area contributed by atoms with Crippen molar-refractivity contribution in [3.63, 3.8) is 0 Å². The van der Waals surface area contributed by atoms with E-state index >= 15 is 0 Å². The zero-order valence-electron chi connectivity index (χ0n) is 19.7. The first-order valence-corrected chi connectivity index (χ1v) is 11.3. The van der Waals surface area contributed by atoms with Gasteiger partial charge in [-0.1, -0.05) is 12.1 Å². The number of hydrogen-bond acceptors (Lipinski definition) is 6. The first kappa shape index (κ1) is 22.7. The summed E-state index contributed by atoms with van der Waals surface area (Å²) in [6.07, 6.45) is 8.31. The standard InChI is InChI=1S/C27H23N7O2/c1-18-8-9-20(13-25(18)32-27-29-12-10-24(31-27)21-5-4-11-28-15-21)26(35)30-22-6-3-7-23(14-22)33-16-19(2)34(36)17-33/h3-17H,1-2H3,(H,30,35)(H,29,31,32). The lowest BCUT2D eigenvalue weighted by Gasteiger charge is -2.12. The Kier molecular flexibility index (Phi) is 6.10. The third kappa shape index (κ3) is 4.90. The molecule has 0 aliphatic heterocycles. The second-order valence-electron chi connectivity index (χ2n) is 8.29. The second-order valence-corrected chi connectivity index (χ2v) is 8.29. The van der Waals surface area contributed by atoms with Crippen molar-refractivity contribution < 1.29 is 9.52 Å². The number of carbonyl (C=O) groups is 1. The maximum absolute atomic E-state index is 13.0. The van der Waals surface area contributed by atoms with Gasteiger partial charge < -0.3 is 15.8 Å². The fourth-order valence-corrected chi connectivity index (χ4v) is 3.70. The maximum atomic E-state index is 13.0. The average molecular weight is 478 g/mol. The number of aromatic nitrogens is 5. The molecular weight excluding hydrogens is 454 g/mol. The van der Waals surface area contributed by atoms with Crippen LogP contribution in [-0.2, 0) is 0 Å². The average Bonchev–Trinajstić information content (AvgIpc) is 3.24. The van der Waals surface area contributed by atoms with E-state index in [1.54, 1.807) is 54.5 Å². The van der Waals surface area contributed by atoms with Crippen molar-refractivity contribution in [1.29, 1.82) is 0 Å². The first-order chi connectivity index (χ1) is 17.5. The van der Waals surface area contributed by atoms with Gasteiger partial charge in [-0.05, 0) is 55.0 Å². The first-order valence-electron chi connectivity index (χ1n) is 11.3. The summed E-state index contributed by atoms with van der Waals surface area (Å²) in [6.45, 7) is 3.68. The molecule has 0 bridgehead atoms. The molecule has 0 aliphatic carbocycles. The summed E-state index contributed by atoms with van der Waals surface area (Å²) >= 11 is 0. The predicted molar refractivity (Wildman–Crippen MR) is 137 cm³/mol. The third-order valence-electron chi connectivity index (χ3n) is 5.66. The van der Waals surface area contributed by atoms with Gasteiger partial charge in [0.25, 0.3) is 12.2 Å². The molecule has 0 saturated heterocycles. The van der Waals surface area contributed by atoms with E-state index in [0.29, 0.717) is 22.9 Å². The molecule has 0 fully saturated rings. The summed E-state index contributed by atoms with van der Waals surface area (Å²) in [7, 11) is 0. The Bertz CT molecular complexity index is 1530. The van der Waals surface area contributed by atoms with Gasteiger partial charge in [0.15, 0.2) is 0 Å². The third-order valence-corrected chi connectivity index (χ3v) is 5.66. The van der Waals surface area contributed by atoms with Gasteiger partial charge >= 0.3 is 0 Å². The summed E-state index contributed by atoms with van der Waals surface area (Å²) in [6, 6.07) is 18.3. The van der Waals surface area contributed by atoms with Crippen molar-refractivity contribution in [3.8, 4) is 16.9 Å². The summed E-state index contributed by atoms with van der Waals surface area (Å²) in [4.78, 5) is 26.1. The lowest BCUT2D eigenvalue weighted by molar-refractivity contribution is -0.611. The van der Waals surface area contributed by atoms with E-state index in [0.717, 1.165) is 32.9 Å². The molecule has 0 radical (unpaired) electrons. The quantitative estimate of drug-likeness (QED) is 0.274. The second kappa shape index (κ2) is 9.67. The maximum Gasteiger partial charge on any atom is 0.255 e. The number of pyridine rings is 1. The number of anilines is 3. The molecule has 0 spiro atoms. The number of aryl methyl sites for hydroxylation is 2. The largest absolute Gasteiger partial charge is 0.711 e. The molecule has 2 aromatic carbocycles. The Balaban J connectivity index is 1.35. The van der Waals surface area contributed by atoms with Crippen molar-refractivity contribution in [2.45, 2.75) is 13.8 Å². The lowest BCUT2D eigenvalue weighted by Crippen LogP contribution is -2.25. The zero-order valence-corrected chi connectivity index (χ0v) is 19.7. The van der Waals surface area contributed by atoms with Gasteiger partial charge in [-0.2, -0.15) is 0 Å². The van der Waals surface area contributed by atoms with E-state index in [1.165, 1.54) is 6.33 Å². The van der Waals surface area contributed by atoms with Gasteiger partial charge in [0, 0.05) is 54.1 Å². The van der Waals surface area contributed by atoms with Crippen molar-refractivity contribution >= 4 is 23.2 Å². The molecule has 36 heavy (non-hydrogen) atoms. The van der Waals surface area contributed by atoms with Crippen LogP contribution in [0.2, 0.25) is 0 Å². The van der Waals surface area contributed by atoms with Crippen LogP contribution in [0.4, 0.5) is 17.3 Å². The van der Waals surface area contributed by atoms with Crippen LogP contribution in [-0.4, -0.2) is 25.4 Å². The number of carbonyl (C=O) groups excluding carboxylic acids is 1. The minimum atomic E-state index is -0.261. The van der Waals surface area contributed by atoms with Crippen LogP contribution >= 0.6 is 0 Å². The molecule has 178 valence electrons. The zero-order chi connectivity index (χ0) is 25.1. The van der Waals surface area contributed by atoms with E-state index in [2.05, 4.69) is 25.6 Å². The van der Waals surface area contributed by atoms with Crippen LogP contribution in [0, 0.1) is 19.1 Å². The van der Waals surface area contributed by atoms with E-state index in [4.69, 9.17) is 0 Å². The molecule has 5 aromatic rings. The summed E-state index contributed by atoms with van der Waals surface area (Å²) in [5.74, 6) is 0.158. The molecule has 0 unspecified atom stereocenters. The lowest BCUT2D eigenvalue weighted by atomic mass is 10.1. The van der Waals surface area contributed by atoms with Gasteiger partial charge in [-0.3, -0.25) is 9.78 Å². The highest BCUT2D eigenvalue weighted by Gasteiger charge is 2.12. The van der Waals surface area contributed by atoms with Gasteiger partial charge in [-0.15, -0.1) is 0 Å². The van der Waals surface area contributed by atoms with Crippen molar-refractivity contribution in [2.24, 2.45) is 0 Å². The molecule has 0 aliphatic rings. The van der Waals surface area contributed by atoms with Crippen molar-refractivity contribution in [3.05, 3.63) is 114 Å². The molecule has 9 heteroatoms. The Morgan fingerprint density at radius 2 is 1.92 bits per heavy atom. The molecule has 0 saturated carbocycles. The van der Waals surface area contributed by atoms with Crippen molar-refractivity contribution in [2.75, 3.05) is 10.6 Å². The van der Waals surface area contributed by atoms with Crippen LogP contribution in [0.3, 0.4) is 0 Å². The van der Waals surface area contributed by atoms with Gasteiger partial charge in [0.05, 0.1) is 5.69 Å². The Morgan fingerprint density at radius 3 is 2.69 bits per heavy atom. The van der Waals surface area contributed by atoms with Crippen molar-refractivity contribution in [1.82, 2.24) is 19.5 Å². The molecule has 3 heterocycles. The monoisotopic (exact) mass is 477 g/mol. The number of hydrogen-bond donors (Lipinski definition) is 2. The summed E-state index contributed by atoms with van der Waals surface area (Å²) < 4.78 is 2.51. The highest BCUT2D eigenvalue weighted by molar-refractivity contribution is 6.05. The molecule has 1 amide bonds. The van der Waals surface area contributed by atoms with Crippen LogP contribution in [0.25, 0.3) is 16.9 Å². The van der Waals surface area contributed by atoms with Crippen LogP contribution < -0.4 is 15.4 Å². The van der Waals surface area contributed by atoms with Crippen LogP contribution in [0.15, 0.2) is 91.8 Å². The minimum Gasteiger partial charge on any atom is -0.711 e. The van der Waals surface area contributed by atoms with Crippen LogP contribution in [0.5, 0.6) is 0 Å². The molecule has 0 atom stereocenters. The molecule has 3 aromatic heterocycles. The minimum absolute atomic E-state index is 0.261. The van der Waals surface area contributed by atoms with E-state index < -0.39 is 0 Å². The molecule has 5 rings (SSSR count). The number of benzene rings is 2. The SMILES string of the molecule is Cc1ccc(C(=O)Nc2cccc(-n3cc(C)[n+]([O-])c3)c2)cc1Nc1nccc(-c2cccnc2)n1. The normalized spacial score (nSPS) is 10.7. The van der Waals surface area contributed by atoms with Gasteiger partial charge in [-0.25, -0.2) is 19.3 Å². The number of rotatable bonds is 6. The highest BCUT2D eigenvalue weighted by atomic mass is 16.5. The van der Waals surface area contributed by atoms with E-state index in [1.807, 2.05) is 49.4 Å². The number of nitrogens with zero attached hydrogens (tertiary/aromatic N) is 5. The van der Waals surface area contributed by atoms with E-state index in [9.17, 15) is 10.0 Å². The smallest absolute Gasteiger partial charge is 0.255 e. The summed E-state index contributed by atoms with van der Waals surface area (Å²) in [5.41, 5.74) is 5.74. The number of imidazole rings is 1. The van der Waals surface area contributed by atoms with Gasteiger partial charge in [0.1, 0.15) is 17.6 Å². The fourth-order valence-electron chi connectivity index (χ4n) is 3.70. The van der Waals surface area contributed by atoms with Crippen LogP contribution in [0.1, 0.15) is 21.6 Å². The highest BCUT2D eigenvalue weighted by Crippen LogP contribution is 2.23.